The molecule has 4 aromatic rings. The minimum atomic E-state index is -0.849. The number of carbonyl (C=O) groups is 3. The number of carbonyl (C=O) groups excluding carboxylic acids is 3. The average molecular weight is 652 g/mol. The maximum Gasteiger partial charge on any atom is 0.335 e. The number of anilines is 1. The smallest absolute Gasteiger partial charge is 0.335 e. The number of nitrogens with zero attached hydrogens (tertiary/aromatic N) is 1. The quantitative estimate of drug-likeness (QED) is 0.157. The zero-order valence-electron chi connectivity index (χ0n) is 21.3. The van der Waals surface area contributed by atoms with Crippen molar-refractivity contribution in [3.63, 3.8) is 0 Å². The summed E-state index contributed by atoms with van der Waals surface area (Å²) < 4.78 is 12.7. The van der Waals surface area contributed by atoms with Crippen LogP contribution in [0.1, 0.15) is 16.7 Å². The largest absolute Gasteiger partial charge is 0.489 e. The van der Waals surface area contributed by atoms with Gasteiger partial charge in [0, 0.05) is 25.6 Å². The van der Waals surface area contributed by atoms with Gasteiger partial charge in [0.25, 0.3) is 11.8 Å². The lowest BCUT2D eigenvalue weighted by atomic mass is 10.1. The first-order valence-corrected chi connectivity index (χ1v) is 13.9. The van der Waals surface area contributed by atoms with Crippen LogP contribution in [0.15, 0.2) is 101 Å². The number of amides is 4. The zero-order valence-corrected chi connectivity index (χ0v) is 24.4. The number of halogens is 3. The molecular weight excluding hydrogens is 631 g/mol. The fourth-order valence-corrected chi connectivity index (χ4v) is 4.74. The van der Waals surface area contributed by atoms with E-state index in [1.807, 2.05) is 24.3 Å². The Bertz CT molecular complexity index is 1660. The molecular formula is C31H21BrCl2N2O5. The second-order valence-corrected chi connectivity index (χ2v) is 10.7. The third-order valence-electron chi connectivity index (χ3n) is 6.13. The molecule has 7 nitrogen and oxygen atoms in total. The van der Waals surface area contributed by atoms with E-state index in [2.05, 4.69) is 21.2 Å². The van der Waals surface area contributed by atoms with E-state index in [1.165, 1.54) is 6.08 Å². The number of nitrogens with one attached hydrogen (secondary N) is 1. The number of barbiturate groups is 1. The van der Waals surface area contributed by atoms with Gasteiger partial charge in [-0.2, -0.15) is 0 Å². The van der Waals surface area contributed by atoms with Gasteiger partial charge >= 0.3 is 6.03 Å². The normalized spacial score (nSPS) is 14.3. The fourth-order valence-electron chi connectivity index (χ4n) is 4.01. The monoisotopic (exact) mass is 650 g/mol. The van der Waals surface area contributed by atoms with Gasteiger partial charge in [0.1, 0.15) is 30.3 Å². The van der Waals surface area contributed by atoms with Crippen molar-refractivity contribution in [3.05, 3.63) is 128 Å². The lowest BCUT2D eigenvalue weighted by molar-refractivity contribution is -0.122. The SMILES string of the molecule is O=C1NC(=O)N(c2ccc(OCc3ccc(Cl)cc3Cl)cc2)C(=O)/C1=C/c1ccccc1OCc1ccc(Br)cc1. The molecule has 0 spiro atoms. The minimum absolute atomic E-state index is 0.198. The van der Waals surface area contributed by atoms with Gasteiger partial charge in [0.05, 0.1) is 5.69 Å². The summed E-state index contributed by atoms with van der Waals surface area (Å²) in [6, 6.07) is 25.3. The van der Waals surface area contributed by atoms with Crippen LogP contribution < -0.4 is 19.7 Å². The molecule has 1 saturated heterocycles. The Hall–Kier alpha value is -4.11. The van der Waals surface area contributed by atoms with Gasteiger partial charge < -0.3 is 9.47 Å². The van der Waals surface area contributed by atoms with E-state index >= 15 is 0 Å². The summed E-state index contributed by atoms with van der Waals surface area (Å²) in [5, 5.41) is 3.25. The summed E-state index contributed by atoms with van der Waals surface area (Å²) in [6.45, 7) is 0.486. The van der Waals surface area contributed by atoms with Crippen molar-refractivity contribution in [2.45, 2.75) is 13.2 Å². The maximum atomic E-state index is 13.4. The number of benzene rings is 4. The molecule has 1 fully saturated rings. The maximum absolute atomic E-state index is 13.4. The molecule has 0 bridgehead atoms. The highest BCUT2D eigenvalue weighted by Crippen LogP contribution is 2.28. The van der Waals surface area contributed by atoms with Crippen LogP contribution in [-0.2, 0) is 22.8 Å². The molecule has 4 aromatic carbocycles. The van der Waals surface area contributed by atoms with Gasteiger partial charge in [-0.05, 0) is 66.2 Å². The Labute approximate surface area is 254 Å². The Balaban J connectivity index is 1.33. The van der Waals surface area contributed by atoms with Gasteiger partial charge in [-0.3, -0.25) is 14.9 Å². The van der Waals surface area contributed by atoms with Crippen LogP contribution in [0, 0.1) is 0 Å². The van der Waals surface area contributed by atoms with Crippen molar-refractivity contribution >= 4 is 68.7 Å². The van der Waals surface area contributed by atoms with Crippen molar-refractivity contribution in [1.29, 1.82) is 0 Å². The van der Waals surface area contributed by atoms with Crippen molar-refractivity contribution < 1.29 is 23.9 Å². The lowest BCUT2D eigenvalue weighted by Gasteiger charge is -2.26. The van der Waals surface area contributed by atoms with Crippen LogP contribution in [0.25, 0.3) is 6.08 Å². The zero-order chi connectivity index (χ0) is 28.9. The summed E-state index contributed by atoms with van der Waals surface area (Å²) >= 11 is 15.6. The molecule has 1 heterocycles. The number of hydrogen-bond acceptors (Lipinski definition) is 5. The summed E-state index contributed by atoms with van der Waals surface area (Å²) in [5.41, 5.74) is 2.27. The molecule has 0 atom stereocenters. The fraction of sp³-hybridized carbons (Fsp3) is 0.0645. The van der Waals surface area contributed by atoms with Gasteiger partial charge in [0.15, 0.2) is 0 Å². The van der Waals surface area contributed by atoms with Crippen molar-refractivity contribution in [3.8, 4) is 11.5 Å². The lowest BCUT2D eigenvalue weighted by Crippen LogP contribution is -2.54. The Morgan fingerprint density at radius 1 is 0.829 bits per heavy atom. The predicted molar refractivity (Wildman–Crippen MR) is 161 cm³/mol. The van der Waals surface area contributed by atoms with E-state index in [1.54, 1.807) is 66.7 Å². The number of hydrogen-bond donors (Lipinski definition) is 1. The summed E-state index contributed by atoms with van der Waals surface area (Å²) in [4.78, 5) is 39.7. The first-order chi connectivity index (χ1) is 19.8. The van der Waals surface area contributed by atoms with Crippen LogP contribution in [-0.4, -0.2) is 17.8 Å². The molecule has 10 heteroatoms. The van der Waals surface area contributed by atoms with Crippen molar-refractivity contribution in [2.24, 2.45) is 0 Å². The van der Waals surface area contributed by atoms with Crippen LogP contribution in [0.3, 0.4) is 0 Å². The van der Waals surface area contributed by atoms with Crippen molar-refractivity contribution in [2.75, 3.05) is 4.90 Å². The molecule has 1 aliphatic heterocycles. The van der Waals surface area contributed by atoms with Crippen LogP contribution in [0.2, 0.25) is 10.0 Å². The third-order valence-corrected chi connectivity index (χ3v) is 7.25. The number of para-hydroxylation sites is 1. The standard InChI is InChI=1S/C31H21BrCl2N2O5/c32-22-8-5-19(6-9-22)17-41-28-4-2-1-3-20(28)15-26-29(37)35-31(39)36(30(26)38)24-11-13-25(14-12-24)40-18-21-7-10-23(33)16-27(21)34/h1-16H,17-18H2,(H,35,37,39)/b26-15+. The van der Waals surface area contributed by atoms with Gasteiger partial charge in [0.2, 0.25) is 0 Å². The molecule has 0 aliphatic carbocycles. The van der Waals surface area contributed by atoms with E-state index in [-0.39, 0.29) is 24.5 Å². The summed E-state index contributed by atoms with van der Waals surface area (Å²) in [7, 11) is 0. The molecule has 0 unspecified atom stereocenters. The highest BCUT2D eigenvalue weighted by Gasteiger charge is 2.37. The minimum Gasteiger partial charge on any atom is -0.489 e. The third kappa shape index (κ3) is 6.79. The van der Waals surface area contributed by atoms with Crippen LogP contribution in [0.5, 0.6) is 11.5 Å². The van der Waals surface area contributed by atoms with E-state index in [4.69, 9.17) is 32.7 Å². The molecule has 0 saturated carbocycles. The second kappa shape index (κ2) is 12.6. The van der Waals surface area contributed by atoms with Gasteiger partial charge in [-0.1, -0.05) is 75.5 Å². The van der Waals surface area contributed by atoms with Gasteiger partial charge in [-0.15, -0.1) is 0 Å². The number of rotatable bonds is 8. The Morgan fingerprint density at radius 3 is 2.29 bits per heavy atom. The Morgan fingerprint density at radius 2 is 1.56 bits per heavy atom. The predicted octanol–water partition coefficient (Wildman–Crippen LogP) is 7.58. The number of ether oxygens (including phenoxy) is 2. The van der Waals surface area contributed by atoms with Crippen LogP contribution >= 0.6 is 39.1 Å². The first-order valence-electron chi connectivity index (χ1n) is 12.3. The molecule has 0 aromatic heterocycles. The molecule has 41 heavy (non-hydrogen) atoms. The molecule has 0 radical (unpaired) electrons. The van der Waals surface area contributed by atoms with E-state index in [9.17, 15) is 14.4 Å². The molecule has 206 valence electrons. The summed E-state index contributed by atoms with van der Waals surface area (Å²) in [6.07, 6.45) is 1.42. The molecule has 1 N–H and O–H groups in total. The first kappa shape index (κ1) is 28.4. The summed E-state index contributed by atoms with van der Waals surface area (Å²) in [5.74, 6) is -0.579. The Kier molecular flexibility index (Phi) is 8.73. The van der Waals surface area contributed by atoms with E-state index < -0.39 is 17.8 Å². The number of urea groups is 1. The highest BCUT2D eigenvalue weighted by molar-refractivity contribution is 9.10. The highest BCUT2D eigenvalue weighted by atomic mass is 79.9. The average Bonchev–Trinajstić information content (AvgIpc) is 2.95. The van der Waals surface area contributed by atoms with Gasteiger partial charge in [-0.25, -0.2) is 9.69 Å². The second-order valence-electron chi connectivity index (χ2n) is 8.93. The topological polar surface area (TPSA) is 84.9 Å². The molecule has 4 amide bonds. The van der Waals surface area contributed by atoms with E-state index in [0.717, 1.165) is 20.5 Å². The van der Waals surface area contributed by atoms with E-state index in [0.29, 0.717) is 27.1 Å². The van der Waals surface area contributed by atoms with Crippen LogP contribution in [0.4, 0.5) is 10.5 Å². The number of imide groups is 2. The van der Waals surface area contributed by atoms with Crippen molar-refractivity contribution in [1.82, 2.24) is 5.32 Å². The molecule has 5 rings (SSSR count). The molecule has 1 aliphatic rings.